The number of nitrogens with one attached hydrogen (secondary N) is 2. The highest BCUT2D eigenvalue weighted by Gasteiger charge is 2.25. The molecule has 4 aromatic rings. The molecular weight excluding hydrogens is 459 g/mol. The van der Waals surface area contributed by atoms with Crippen molar-refractivity contribution in [1.29, 1.82) is 0 Å². The second-order valence-corrected chi connectivity index (χ2v) is 9.16. The molecule has 2 aromatic heterocycles. The molecule has 5 rings (SSSR count). The summed E-state index contributed by atoms with van der Waals surface area (Å²) in [6.07, 6.45) is 6.81. The van der Waals surface area contributed by atoms with Gasteiger partial charge in [-0.05, 0) is 80.4 Å². The van der Waals surface area contributed by atoms with Gasteiger partial charge in [-0.1, -0.05) is 19.3 Å². The Morgan fingerprint density at radius 3 is 2.42 bits per heavy atom. The third-order valence-electron chi connectivity index (χ3n) is 6.46. The monoisotopic (exact) mass is 488 g/mol. The number of benzene rings is 2. The van der Waals surface area contributed by atoms with Crippen LogP contribution in [-0.2, 0) is 0 Å². The van der Waals surface area contributed by atoms with Crippen molar-refractivity contribution in [3.8, 4) is 22.7 Å². The third-order valence-corrected chi connectivity index (χ3v) is 6.46. The van der Waals surface area contributed by atoms with Crippen molar-refractivity contribution in [3.05, 3.63) is 78.6 Å². The summed E-state index contributed by atoms with van der Waals surface area (Å²) in [5, 5.41) is 15.2. The number of hydrogen-bond acceptors (Lipinski definition) is 5. The van der Waals surface area contributed by atoms with Crippen LogP contribution >= 0.6 is 0 Å². The fraction of sp³-hybridized carbons (Fsp3) is 0.286. The zero-order valence-electron chi connectivity index (χ0n) is 20.1. The average molecular weight is 489 g/mol. The Morgan fingerprint density at radius 1 is 1.03 bits per heavy atom. The maximum Gasteiger partial charge on any atom is 0.291 e. The number of anilines is 2. The molecule has 186 valence electrons. The van der Waals surface area contributed by atoms with Gasteiger partial charge in [-0.2, -0.15) is 0 Å². The van der Waals surface area contributed by atoms with Crippen LogP contribution in [0, 0.1) is 5.82 Å². The van der Waals surface area contributed by atoms with E-state index in [1.165, 1.54) is 18.6 Å². The van der Waals surface area contributed by atoms with Gasteiger partial charge in [0.2, 0.25) is 0 Å². The summed E-state index contributed by atoms with van der Waals surface area (Å²) in [5.74, 6) is 0.0415. The number of imidazole rings is 1. The molecule has 8 heteroatoms. The second-order valence-electron chi connectivity index (χ2n) is 9.16. The van der Waals surface area contributed by atoms with E-state index in [-0.39, 0.29) is 17.5 Å². The molecule has 0 spiro atoms. The van der Waals surface area contributed by atoms with Crippen molar-refractivity contribution in [2.45, 2.75) is 51.3 Å². The fourth-order valence-electron chi connectivity index (χ4n) is 4.73. The number of furan rings is 1. The minimum atomic E-state index is -0.672. The molecule has 2 heterocycles. The molecule has 1 saturated carbocycles. The van der Waals surface area contributed by atoms with E-state index in [4.69, 9.17) is 4.42 Å². The van der Waals surface area contributed by atoms with E-state index in [1.807, 2.05) is 6.33 Å². The van der Waals surface area contributed by atoms with E-state index in [2.05, 4.69) is 20.2 Å². The predicted molar refractivity (Wildman–Crippen MR) is 137 cm³/mol. The van der Waals surface area contributed by atoms with Crippen LogP contribution in [0.2, 0.25) is 0 Å². The first-order valence-corrected chi connectivity index (χ1v) is 12.3. The first-order valence-electron chi connectivity index (χ1n) is 12.3. The van der Waals surface area contributed by atoms with Gasteiger partial charge in [0, 0.05) is 23.0 Å². The molecule has 7 nitrogen and oxygen atoms in total. The van der Waals surface area contributed by atoms with Crippen molar-refractivity contribution < 1.29 is 18.7 Å². The number of carbonyl (C=O) groups excluding carboxylic acids is 1. The van der Waals surface area contributed by atoms with E-state index in [1.54, 1.807) is 55.5 Å². The lowest BCUT2D eigenvalue weighted by Gasteiger charge is -2.24. The lowest BCUT2D eigenvalue weighted by atomic mass is 9.95. The number of aliphatic hydroxyl groups is 1. The number of carbonyl (C=O) groups is 1. The van der Waals surface area contributed by atoms with Gasteiger partial charge in [0.05, 0.1) is 12.0 Å². The Kier molecular flexibility index (Phi) is 6.86. The SMILES string of the molecule is CC(O)Nc1ccc(NC(=O)c2ccc(-c3c(-c4ccc(F)cc4)ncn3C3CCCCC3)o2)cc1. The van der Waals surface area contributed by atoms with E-state index < -0.39 is 6.23 Å². The predicted octanol–water partition coefficient (Wildman–Crippen LogP) is 6.46. The molecule has 0 saturated heterocycles. The Bertz CT molecular complexity index is 1320. The Balaban J connectivity index is 1.43. The van der Waals surface area contributed by atoms with Gasteiger partial charge in [0.15, 0.2) is 11.5 Å². The molecule has 1 fully saturated rings. The molecular formula is C28H29FN4O3. The first-order chi connectivity index (χ1) is 17.5. The molecule has 0 radical (unpaired) electrons. The van der Waals surface area contributed by atoms with E-state index in [0.717, 1.165) is 42.6 Å². The molecule has 0 bridgehead atoms. The number of nitrogens with zero attached hydrogens (tertiary/aromatic N) is 2. The topological polar surface area (TPSA) is 92.3 Å². The van der Waals surface area contributed by atoms with Gasteiger partial charge in [0.1, 0.15) is 17.7 Å². The van der Waals surface area contributed by atoms with E-state index >= 15 is 0 Å². The van der Waals surface area contributed by atoms with Crippen molar-refractivity contribution in [3.63, 3.8) is 0 Å². The summed E-state index contributed by atoms with van der Waals surface area (Å²) < 4.78 is 21.8. The summed E-state index contributed by atoms with van der Waals surface area (Å²) in [7, 11) is 0. The van der Waals surface area contributed by atoms with Crippen LogP contribution in [0.3, 0.4) is 0 Å². The quantitative estimate of drug-likeness (QED) is 0.260. The van der Waals surface area contributed by atoms with Crippen molar-refractivity contribution >= 4 is 17.3 Å². The number of hydrogen-bond donors (Lipinski definition) is 3. The van der Waals surface area contributed by atoms with Gasteiger partial charge < -0.3 is 24.7 Å². The highest BCUT2D eigenvalue weighted by molar-refractivity contribution is 6.02. The maximum atomic E-state index is 13.6. The molecule has 1 aliphatic carbocycles. The number of amides is 1. The standard InChI is InChI=1S/C28H29FN4O3/c1-18(34)31-21-11-13-22(14-12-21)32-28(35)25-16-15-24(36-25)27-26(19-7-9-20(29)10-8-19)30-17-33(27)23-5-3-2-4-6-23/h7-18,23,31,34H,2-6H2,1H3,(H,32,35). The van der Waals surface area contributed by atoms with Crippen molar-refractivity contribution in [2.75, 3.05) is 10.6 Å². The minimum Gasteiger partial charge on any atom is -0.449 e. The van der Waals surface area contributed by atoms with Gasteiger partial charge >= 0.3 is 0 Å². The lowest BCUT2D eigenvalue weighted by Crippen LogP contribution is -2.14. The van der Waals surface area contributed by atoms with E-state index in [9.17, 15) is 14.3 Å². The molecule has 36 heavy (non-hydrogen) atoms. The Labute approximate surface area is 209 Å². The maximum absolute atomic E-state index is 13.6. The molecule has 2 aromatic carbocycles. The number of aliphatic hydroxyl groups excluding tert-OH is 1. The Hall–Kier alpha value is -3.91. The van der Waals surface area contributed by atoms with Crippen LogP contribution < -0.4 is 10.6 Å². The summed E-state index contributed by atoms with van der Waals surface area (Å²) in [6, 6.07) is 17.0. The van der Waals surface area contributed by atoms with Crippen LogP contribution in [0.5, 0.6) is 0 Å². The zero-order chi connectivity index (χ0) is 25.1. The minimum absolute atomic E-state index is 0.178. The summed E-state index contributed by atoms with van der Waals surface area (Å²) >= 11 is 0. The third kappa shape index (κ3) is 5.18. The summed E-state index contributed by atoms with van der Waals surface area (Å²) in [4.78, 5) is 17.6. The van der Waals surface area contributed by atoms with Gasteiger partial charge in [-0.15, -0.1) is 0 Å². The lowest BCUT2D eigenvalue weighted by molar-refractivity contribution is 0.0997. The number of halogens is 1. The van der Waals surface area contributed by atoms with Crippen LogP contribution in [-0.4, -0.2) is 26.8 Å². The molecule has 0 aliphatic heterocycles. The first kappa shape index (κ1) is 23.8. The van der Waals surface area contributed by atoms with Crippen LogP contribution in [0.1, 0.15) is 55.6 Å². The van der Waals surface area contributed by atoms with E-state index in [0.29, 0.717) is 23.2 Å². The molecule has 1 amide bonds. The molecule has 1 atom stereocenters. The molecule has 1 unspecified atom stereocenters. The van der Waals surface area contributed by atoms with Gasteiger partial charge in [-0.3, -0.25) is 4.79 Å². The van der Waals surface area contributed by atoms with Crippen molar-refractivity contribution in [1.82, 2.24) is 9.55 Å². The van der Waals surface area contributed by atoms with Crippen LogP contribution in [0.15, 0.2) is 71.4 Å². The largest absolute Gasteiger partial charge is 0.449 e. The fourth-order valence-corrected chi connectivity index (χ4v) is 4.73. The van der Waals surface area contributed by atoms with Gasteiger partial charge in [-0.25, -0.2) is 9.37 Å². The molecule has 1 aliphatic rings. The smallest absolute Gasteiger partial charge is 0.291 e. The van der Waals surface area contributed by atoms with Crippen LogP contribution in [0.4, 0.5) is 15.8 Å². The highest BCUT2D eigenvalue weighted by Crippen LogP contribution is 2.38. The van der Waals surface area contributed by atoms with Gasteiger partial charge in [0.25, 0.3) is 5.91 Å². The highest BCUT2D eigenvalue weighted by atomic mass is 19.1. The summed E-state index contributed by atoms with van der Waals surface area (Å²) in [6.45, 7) is 1.63. The Morgan fingerprint density at radius 2 is 1.72 bits per heavy atom. The second kappa shape index (κ2) is 10.4. The molecule has 3 N–H and O–H groups in total. The average Bonchev–Trinajstić information content (AvgIpc) is 3.53. The summed E-state index contributed by atoms with van der Waals surface area (Å²) in [5.41, 5.74) is 3.62. The zero-order valence-corrected chi connectivity index (χ0v) is 20.1. The number of aromatic nitrogens is 2. The van der Waals surface area contributed by atoms with Crippen LogP contribution in [0.25, 0.3) is 22.7 Å². The van der Waals surface area contributed by atoms with Crippen molar-refractivity contribution in [2.24, 2.45) is 0 Å². The normalized spacial score (nSPS) is 15.0. The number of rotatable bonds is 7.